The van der Waals surface area contributed by atoms with Crippen LogP contribution in [-0.2, 0) is 21.5 Å². The molecule has 0 unspecified atom stereocenters. The van der Waals surface area contributed by atoms with Crippen molar-refractivity contribution in [2.45, 2.75) is 12.0 Å². The summed E-state index contributed by atoms with van der Waals surface area (Å²) in [5, 5.41) is 4.77. The summed E-state index contributed by atoms with van der Waals surface area (Å²) in [4.78, 5) is 39.4. The van der Waals surface area contributed by atoms with Gasteiger partial charge in [0.15, 0.2) is 23.0 Å². The zero-order valence-electron chi connectivity index (χ0n) is 17.1. The second-order valence-corrected chi connectivity index (χ2v) is 7.53. The lowest BCUT2D eigenvalue weighted by molar-refractivity contribution is -0.134. The van der Waals surface area contributed by atoms with Gasteiger partial charge in [-0.05, 0) is 23.3 Å². The van der Waals surface area contributed by atoms with E-state index in [2.05, 4.69) is 10.6 Å². The molecule has 0 spiro atoms. The molecule has 1 heterocycles. The van der Waals surface area contributed by atoms with E-state index >= 15 is 0 Å². The molecule has 0 bridgehead atoms. The van der Waals surface area contributed by atoms with Gasteiger partial charge in [-0.2, -0.15) is 0 Å². The lowest BCUT2D eigenvalue weighted by atomic mass is 9.83. The van der Waals surface area contributed by atoms with Crippen LogP contribution in [0.3, 0.4) is 0 Å². The lowest BCUT2D eigenvalue weighted by Crippen LogP contribution is -2.46. The number of halogens is 3. The van der Waals surface area contributed by atoms with E-state index < -0.39 is 53.1 Å². The van der Waals surface area contributed by atoms with Crippen LogP contribution in [0, 0.1) is 17.5 Å². The van der Waals surface area contributed by atoms with Crippen molar-refractivity contribution in [3.05, 3.63) is 101 Å². The molecule has 9 heteroatoms. The molecule has 1 fully saturated rings. The first kappa shape index (κ1) is 22.1. The Hall–Kier alpha value is -4.14. The van der Waals surface area contributed by atoms with E-state index in [1.165, 1.54) is 0 Å². The van der Waals surface area contributed by atoms with E-state index in [-0.39, 0.29) is 6.42 Å². The number of nitrogens with one attached hydrogen (secondary N) is 2. The van der Waals surface area contributed by atoms with Crippen molar-refractivity contribution in [2.75, 3.05) is 11.9 Å². The molecule has 1 atom stereocenters. The molecule has 6 nitrogen and oxygen atoms in total. The predicted octanol–water partition coefficient (Wildman–Crippen LogP) is 3.73. The van der Waals surface area contributed by atoms with E-state index in [9.17, 15) is 27.6 Å². The van der Waals surface area contributed by atoms with Crippen LogP contribution in [0.4, 0.5) is 23.7 Å². The van der Waals surface area contributed by atoms with Crippen molar-refractivity contribution in [1.82, 2.24) is 10.2 Å². The van der Waals surface area contributed by atoms with Crippen LogP contribution in [0.2, 0.25) is 0 Å². The fourth-order valence-electron chi connectivity index (χ4n) is 3.77. The Bertz CT molecular complexity index is 1220. The van der Waals surface area contributed by atoms with Gasteiger partial charge in [-0.15, -0.1) is 0 Å². The highest BCUT2D eigenvalue weighted by Crippen LogP contribution is 2.33. The third-order valence-corrected chi connectivity index (χ3v) is 5.37. The molecule has 168 valence electrons. The number of urea groups is 1. The van der Waals surface area contributed by atoms with E-state index in [1.54, 1.807) is 42.5 Å². The molecule has 4 rings (SSSR count). The van der Waals surface area contributed by atoms with Gasteiger partial charge in [-0.25, -0.2) is 18.0 Å². The third-order valence-electron chi connectivity index (χ3n) is 5.37. The average molecular weight is 453 g/mol. The van der Waals surface area contributed by atoms with Crippen LogP contribution in [0.1, 0.15) is 11.1 Å². The third kappa shape index (κ3) is 4.17. The second kappa shape index (κ2) is 8.78. The summed E-state index contributed by atoms with van der Waals surface area (Å²) in [6.07, 6.45) is 0.137. The minimum atomic E-state index is -1.74. The first-order valence-electron chi connectivity index (χ1n) is 9.99. The second-order valence-electron chi connectivity index (χ2n) is 7.53. The molecular weight excluding hydrogens is 435 g/mol. The monoisotopic (exact) mass is 453 g/mol. The number of rotatable bonds is 6. The van der Waals surface area contributed by atoms with E-state index in [0.29, 0.717) is 16.5 Å². The molecule has 4 amide bonds. The quantitative estimate of drug-likeness (QED) is 0.441. The summed E-state index contributed by atoms with van der Waals surface area (Å²) >= 11 is 0. The molecule has 0 aliphatic carbocycles. The Kier molecular flexibility index (Phi) is 5.87. The number of benzene rings is 3. The van der Waals surface area contributed by atoms with Crippen LogP contribution in [0.25, 0.3) is 0 Å². The molecule has 1 saturated heterocycles. The number of hydrogen-bond acceptors (Lipinski definition) is 3. The van der Waals surface area contributed by atoms with Gasteiger partial charge in [-0.3, -0.25) is 14.5 Å². The fourth-order valence-corrected chi connectivity index (χ4v) is 3.77. The number of carbonyl (C=O) groups is 3. The Labute approximate surface area is 187 Å². The van der Waals surface area contributed by atoms with Crippen LogP contribution in [-0.4, -0.2) is 29.3 Å². The normalized spacial score (nSPS) is 17.7. The zero-order valence-corrected chi connectivity index (χ0v) is 17.1. The van der Waals surface area contributed by atoms with Crippen molar-refractivity contribution < 1.29 is 27.6 Å². The van der Waals surface area contributed by atoms with Crippen molar-refractivity contribution >= 4 is 23.5 Å². The number of nitrogens with zero attached hydrogens (tertiary/aromatic N) is 1. The minimum Gasteiger partial charge on any atom is -0.322 e. The molecular formula is C24H18F3N3O3. The van der Waals surface area contributed by atoms with Gasteiger partial charge in [0.05, 0.1) is 5.69 Å². The molecule has 1 aliphatic heterocycles. The summed E-state index contributed by atoms with van der Waals surface area (Å²) in [7, 11) is 0. The number of imide groups is 1. The van der Waals surface area contributed by atoms with Crippen LogP contribution < -0.4 is 10.6 Å². The topological polar surface area (TPSA) is 78.5 Å². The van der Waals surface area contributed by atoms with Gasteiger partial charge in [0.2, 0.25) is 5.91 Å². The van der Waals surface area contributed by atoms with E-state index in [4.69, 9.17) is 0 Å². The number of carbonyl (C=O) groups excluding carboxylic acids is 3. The lowest BCUT2D eigenvalue weighted by Gasteiger charge is -2.27. The largest absolute Gasteiger partial charge is 0.325 e. The van der Waals surface area contributed by atoms with Gasteiger partial charge in [0.25, 0.3) is 5.91 Å². The van der Waals surface area contributed by atoms with Gasteiger partial charge >= 0.3 is 6.03 Å². The maximum atomic E-state index is 13.9. The molecule has 0 radical (unpaired) electrons. The Morgan fingerprint density at radius 3 is 2.18 bits per heavy atom. The molecule has 0 saturated carbocycles. The standard InChI is InChI=1S/C24H18F3N3O3/c25-17-11-12-18(21(27)20(17)26)28-19(31)14-30-22(32)24(29-23(30)33,16-9-5-2-6-10-16)13-15-7-3-1-4-8-15/h1-12H,13-14H2,(H,28,31)(H,29,33)/t24-/m1/s1. The fraction of sp³-hybridized carbons (Fsp3) is 0.125. The summed E-state index contributed by atoms with van der Waals surface area (Å²) in [5.41, 5.74) is -0.746. The van der Waals surface area contributed by atoms with Crippen molar-refractivity contribution in [2.24, 2.45) is 0 Å². The van der Waals surface area contributed by atoms with Crippen LogP contribution >= 0.6 is 0 Å². The molecule has 1 aliphatic rings. The first-order valence-corrected chi connectivity index (χ1v) is 9.99. The maximum Gasteiger partial charge on any atom is 0.325 e. The summed E-state index contributed by atoms with van der Waals surface area (Å²) in [5.74, 6) is -6.35. The molecule has 33 heavy (non-hydrogen) atoms. The van der Waals surface area contributed by atoms with Crippen molar-refractivity contribution in [3.63, 3.8) is 0 Å². The smallest absolute Gasteiger partial charge is 0.322 e. The molecule has 3 aromatic carbocycles. The van der Waals surface area contributed by atoms with Gasteiger partial charge in [-0.1, -0.05) is 60.7 Å². The van der Waals surface area contributed by atoms with Crippen molar-refractivity contribution in [1.29, 1.82) is 0 Å². The van der Waals surface area contributed by atoms with Gasteiger partial charge < -0.3 is 10.6 Å². The van der Waals surface area contributed by atoms with E-state index in [0.717, 1.165) is 11.6 Å². The Morgan fingerprint density at radius 2 is 1.52 bits per heavy atom. The van der Waals surface area contributed by atoms with Crippen LogP contribution in [0.5, 0.6) is 0 Å². The number of anilines is 1. The zero-order chi connectivity index (χ0) is 23.6. The highest BCUT2D eigenvalue weighted by atomic mass is 19.2. The number of amides is 4. The summed E-state index contributed by atoms with van der Waals surface area (Å²) in [6, 6.07) is 18.4. The minimum absolute atomic E-state index is 0.137. The first-order chi connectivity index (χ1) is 15.8. The summed E-state index contributed by atoms with van der Waals surface area (Å²) < 4.78 is 40.4. The highest BCUT2D eigenvalue weighted by Gasteiger charge is 2.52. The molecule has 0 aromatic heterocycles. The maximum absolute atomic E-state index is 13.9. The van der Waals surface area contributed by atoms with Crippen molar-refractivity contribution in [3.8, 4) is 0 Å². The summed E-state index contributed by atoms with van der Waals surface area (Å²) in [6.45, 7) is -0.744. The highest BCUT2D eigenvalue weighted by molar-refractivity contribution is 6.10. The Morgan fingerprint density at radius 1 is 0.879 bits per heavy atom. The van der Waals surface area contributed by atoms with E-state index in [1.807, 2.05) is 18.2 Å². The SMILES string of the molecule is O=C(CN1C(=O)N[C@](Cc2ccccc2)(c2ccccc2)C1=O)Nc1ccc(F)c(F)c1F. The Balaban J connectivity index is 1.60. The predicted molar refractivity (Wildman–Crippen MR) is 113 cm³/mol. The number of hydrogen-bond donors (Lipinski definition) is 2. The van der Waals surface area contributed by atoms with Gasteiger partial charge in [0.1, 0.15) is 6.54 Å². The molecule has 2 N–H and O–H groups in total. The average Bonchev–Trinajstić information content (AvgIpc) is 3.05. The van der Waals surface area contributed by atoms with Crippen LogP contribution in [0.15, 0.2) is 72.8 Å². The van der Waals surface area contributed by atoms with Gasteiger partial charge in [0, 0.05) is 6.42 Å². The molecule has 3 aromatic rings.